The number of hydrogen-bond acceptors (Lipinski definition) is 2. The van der Waals surface area contributed by atoms with Gasteiger partial charge in [-0.05, 0) is 11.8 Å². The van der Waals surface area contributed by atoms with Gasteiger partial charge in [0.25, 0.3) is 0 Å². The van der Waals surface area contributed by atoms with Gasteiger partial charge in [0.2, 0.25) is 0 Å². The summed E-state index contributed by atoms with van der Waals surface area (Å²) in [5, 5.41) is 0. The average Bonchev–Trinajstić information content (AvgIpc) is 1.59. The minimum Gasteiger partial charge on any atom is -0.133 e. The van der Waals surface area contributed by atoms with E-state index in [-0.39, 0.29) is 5.41 Å². The third-order valence-corrected chi connectivity index (χ3v) is 1.46. The molecule has 0 amide bonds. The van der Waals surface area contributed by atoms with Crippen LogP contribution < -0.4 is 0 Å². The van der Waals surface area contributed by atoms with Crippen molar-refractivity contribution in [3.63, 3.8) is 0 Å². The molecule has 0 aliphatic heterocycles. The van der Waals surface area contributed by atoms with E-state index in [4.69, 9.17) is 4.89 Å². The van der Waals surface area contributed by atoms with Gasteiger partial charge in [0.1, 0.15) is 6.61 Å². The SMILES string of the molecule is CC(C)(C)CCO[P+](=O)O. The second-order valence-corrected chi connectivity index (χ2v) is 4.12. The highest BCUT2D eigenvalue weighted by atomic mass is 31.1. The minimum atomic E-state index is -2.40. The quantitative estimate of drug-likeness (QED) is 0.651. The Balaban J connectivity index is 3.29. The van der Waals surface area contributed by atoms with Crippen LogP contribution in [0.25, 0.3) is 0 Å². The van der Waals surface area contributed by atoms with Crippen molar-refractivity contribution < 1.29 is 14.0 Å². The van der Waals surface area contributed by atoms with Crippen molar-refractivity contribution in [3.8, 4) is 0 Å². The maximum absolute atomic E-state index is 10.0. The van der Waals surface area contributed by atoms with Crippen LogP contribution in [0.15, 0.2) is 0 Å². The van der Waals surface area contributed by atoms with E-state index in [0.717, 1.165) is 6.42 Å². The molecule has 60 valence electrons. The molecule has 1 N–H and O–H groups in total. The highest BCUT2D eigenvalue weighted by Gasteiger charge is 2.16. The van der Waals surface area contributed by atoms with E-state index in [2.05, 4.69) is 25.3 Å². The topological polar surface area (TPSA) is 46.5 Å². The van der Waals surface area contributed by atoms with Gasteiger partial charge < -0.3 is 0 Å². The van der Waals surface area contributed by atoms with Crippen LogP contribution in [-0.4, -0.2) is 11.5 Å². The molecular formula is C6H14O3P+. The highest BCUT2D eigenvalue weighted by Crippen LogP contribution is 2.22. The Morgan fingerprint density at radius 2 is 2.00 bits per heavy atom. The fourth-order valence-electron chi connectivity index (χ4n) is 0.430. The van der Waals surface area contributed by atoms with Crippen molar-refractivity contribution in [2.24, 2.45) is 5.41 Å². The van der Waals surface area contributed by atoms with E-state index in [0.29, 0.717) is 6.61 Å². The first kappa shape index (κ1) is 10.0. The van der Waals surface area contributed by atoms with Crippen molar-refractivity contribution in [1.29, 1.82) is 0 Å². The van der Waals surface area contributed by atoms with Crippen molar-refractivity contribution in [3.05, 3.63) is 0 Å². The van der Waals surface area contributed by atoms with Crippen molar-refractivity contribution in [2.75, 3.05) is 6.61 Å². The molecule has 0 aliphatic rings. The lowest BCUT2D eigenvalue weighted by Gasteiger charge is -2.14. The molecule has 1 unspecified atom stereocenters. The molecule has 1 atom stereocenters. The molecule has 0 heterocycles. The zero-order chi connectivity index (χ0) is 8.20. The maximum Gasteiger partial charge on any atom is 0.694 e. The summed E-state index contributed by atoms with van der Waals surface area (Å²) >= 11 is 0. The summed E-state index contributed by atoms with van der Waals surface area (Å²) < 4.78 is 14.5. The Hall–Kier alpha value is 0.0200. The van der Waals surface area contributed by atoms with Crippen LogP contribution in [0.2, 0.25) is 0 Å². The van der Waals surface area contributed by atoms with Gasteiger partial charge in [-0.25, -0.2) is 0 Å². The molecule has 0 aromatic heterocycles. The molecule has 0 saturated carbocycles. The fourth-order valence-corrected chi connectivity index (χ4v) is 0.677. The summed E-state index contributed by atoms with van der Waals surface area (Å²) in [6.45, 7) is 6.53. The van der Waals surface area contributed by atoms with Gasteiger partial charge in [-0.2, -0.15) is 0 Å². The summed E-state index contributed by atoms with van der Waals surface area (Å²) in [6.07, 6.45) is 0.800. The number of hydrogen-bond donors (Lipinski definition) is 1. The van der Waals surface area contributed by atoms with Crippen LogP contribution in [0.4, 0.5) is 0 Å². The summed E-state index contributed by atoms with van der Waals surface area (Å²) in [4.78, 5) is 8.24. The molecule has 0 saturated heterocycles. The molecule has 0 radical (unpaired) electrons. The Morgan fingerprint density at radius 3 is 2.30 bits per heavy atom. The first-order valence-electron chi connectivity index (χ1n) is 3.21. The Kier molecular flexibility index (Phi) is 4.02. The van der Waals surface area contributed by atoms with Gasteiger partial charge in [0.15, 0.2) is 0 Å². The van der Waals surface area contributed by atoms with Crippen molar-refractivity contribution >= 4 is 8.25 Å². The van der Waals surface area contributed by atoms with Crippen LogP contribution in [0.1, 0.15) is 27.2 Å². The van der Waals surface area contributed by atoms with E-state index >= 15 is 0 Å². The summed E-state index contributed by atoms with van der Waals surface area (Å²) in [5.41, 5.74) is 0.172. The molecule has 0 bridgehead atoms. The van der Waals surface area contributed by atoms with Crippen molar-refractivity contribution in [1.82, 2.24) is 0 Å². The molecule has 3 nitrogen and oxygen atoms in total. The van der Waals surface area contributed by atoms with Crippen molar-refractivity contribution in [2.45, 2.75) is 27.2 Å². The Bertz CT molecular complexity index is 117. The van der Waals surface area contributed by atoms with Crippen LogP contribution in [0, 0.1) is 5.41 Å². The standard InChI is InChI=1S/C6H13O3P/c1-6(2,3)4-5-9-10(7)8/h4-5H2,1-3H3/p+1. The van der Waals surface area contributed by atoms with Crippen LogP contribution in [0.3, 0.4) is 0 Å². The second kappa shape index (κ2) is 4.02. The van der Waals surface area contributed by atoms with E-state index < -0.39 is 8.25 Å². The fraction of sp³-hybridized carbons (Fsp3) is 1.00. The summed E-state index contributed by atoms with van der Waals surface area (Å²) in [6, 6.07) is 0. The minimum absolute atomic E-state index is 0.172. The van der Waals surface area contributed by atoms with Gasteiger partial charge in [-0.3, -0.25) is 0 Å². The van der Waals surface area contributed by atoms with Gasteiger partial charge >= 0.3 is 8.25 Å². The van der Waals surface area contributed by atoms with E-state index in [9.17, 15) is 4.57 Å². The molecule has 0 spiro atoms. The Morgan fingerprint density at radius 1 is 1.50 bits per heavy atom. The average molecular weight is 165 g/mol. The molecule has 0 aliphatic carbocycles. The lowest BCUT2D eigenvalue weighted by molar-refractivity contribution is 0.229. The van der Waals surface area contributed by atoms with Gasteiger partial charge in [-0.15, -0.1) is 9.42 Å². The van der Waals surface area contributed by atoms with E-state index in [1.807, 2.05) is 0 Å². The van der Waals surface area contributed by atoms with Crippen LogP contribution >= 0.6 is 8.25 Å². The predicted octanol–water partition coefficient (Wildman–Crippen LogP) is 2.09. The molecular weight excluding hydrogens is 151 g/mol. The first-order valence-corrected chi connectivity index (χ1v) is 4.34. The summed E-state index contributed by atoms with van der Waals surface area (Å²) in [5.74, 6) is 0. The van der Waals surface area contributed by atoms with Crippen LogP contribution in [-0.2, 0) is 9.09 Å². The predicted molar refractivity (Wildman–Crippen MR) is 39.8 cm³/mol. The van der Waals surface area contributed by atoms with Crippen LogP contribution in [0.5, 0.6) is 0 Å². The zero-order valence-corrected chi connectivity index (χ0v) is 7.52. The maximum atomic E-state index is 10.0. The molecule has 0 fully saturated rings. The molecule has 0 rings (SSSR count). The lowest BCUT2D eigenvalue weighted by Crippen LogP contribution is -2.07. The molecule has 0 aromatic rings. The second-order valence-electron chi connectivity index (χ2n) is 3.38. The Labute approximate surface area is 62.3 Å². The van der Waals surface area contributed by atoms with Gasteiger partial charge in [-0.1, -0.05) is 20.8 Å². The molecule has 0 aromatic carbocycles. The van der Waals surface area contributed by atoms with E-state index in [1.54, 1.807) is 0 Å². The van der Waals surface area contributed by atoms with Gasteiger partial charge in [0, 0.05) is 4.57 Å². The number of rotatable bonds is 3. The lowest BCUT2D eigenvalue weighted by atomic mass is 9.93. The molecule has 4 heteroatoms. The summed E-state index contributed by atoms with van der Waals surface area (Å²) in [7, 11) is -2.40. The van der Waals surface area contributed by atoms with E-state index in [1.165, 1.54) is 0 Å². The first-order chi connectivity index (χ1) is 4.42. The highest BCUT2D eigenvalue weighted by molar-refractivity contribution is 7.32. The zero-order valence-electron chi connectivity index (χ0n) is 6.63. The normalized spacial score (nSPS) is 13.4. The largest absolute Gasteiger partial charge is 0.694 e. The molecule has 10 heavy (non-hydrogen) atoms. The monoisotopic (exact) mass is 165 g/mol. The third-order valence-electron chi connectivity index (χ3n) is 1.05. The smallest absolute Gasteiger partial charge is 0.133 e. The third kappa shape index (κ3) is 8.02. The van der Waals surface area contributed by atoms with Gasteiger partial charge in [0.05, 0.1) is 0 Å².